The Balaban J connectivity index is 1.88. The van der Waals surface area contributed by atoms with E-state index in [9.17, 15) is 5.11 Å². The van der Waals surface area contributed by atoms with Crippen LogP contribution in [0.2, 0.25) is 10.0 Å². The molecule has 10 nitrogen and oxygen atoms in total. The van der Waals surface area contributed by atoms with Crippen LogP contribution in [0.3, 0.4) is 0 Å². The maximum atomic E-state index is 10.6. The van der Waals surface area contributed by atoms with Gasteiger partial charge in [0.25, 0.3) is 0 Å². The summed E-state index contributed by atoms with van der Waals surface area (Å²) in [6.45, 7) is 0. The van der Waals surface area contributed by atoms with Crippen LogP contribution in [-0.4, -0.2) is 38.2 Å². The van der Waals surface area contributed by atoms with Crippen molar-refractivity contribution in [1.29, 1.82) is 0 Å². The number of aromatic nitrogens is 4. The quantitative estimate of drug-likeness (QED) is 0.238. The number of nitrogens with one attached hydrogen (secondary N) is 1. The highest BCUT2D eigenvalue weighted by Crippen LogP contribution is 2.33. The highest BCUT2D eigenvalue weighted by Gasteiger charge is 2.23. The molecule has 0 fully saturated rings. The molecule has 0 atom stereocenters. The van der Waals surface area contributed by atoms with E-state index in [0.29, 0.717) is 15.7 Å². The van der Waals surface area contributed by atoms with E-state index in [2.05, 4.69) is 30.7 Å². The molecule has 0 bridgehead atoms. The van der Waals surface area contributed by atoms with Crippen LogP contribution >= 0.6 is 23.2 Å². The Morgan fingerprint density at radius 1 is 1.13 bits per heavy atom. The Morgan fingerprint density at radius 3 is 2.60 bits per heavy atom. The number of nitrogens with zero attached hydrogens (tertiary/aromatic N) is 5. The molecule has 0 saturated carbocycles. The zero-order chi connectivity index (χ0) is 21.3. The molecule has 0 aliphatic carbocycles. The van der Waals surface area contributed by atoms with E-state index in [-0.39, 0.29) is 45.6 Å². The van der Waals surface area contributed by atoms with Gasteiger partial charge >= 0.3 is 0 Å². The molecule has 2 aromatic carbocycles. The summed E-state index contributed by atoms with van der Waals surface area (Å²) in [6.07, 6.45) is 0. The fraction of sp³-hybridized carbons (Fsp3) is 0.0556. The number of methoxy groups -OCH3 is 1. The Morgan fingerprint density at radius 2 is 1.90 bits per heavy atom. The molecular weight excluding hydrogens is 433 g/mol. The topological polar surface area (TPSA) is 145 Å². The van der Waals surface area contributed by atoms with Gasteiger partial charge in [0.15, 0.2) is 17.3 Å². The number of hydrogen-bond donors (Lipinski definition) is 3. The number of hydrogen-bond acceptors (Lipinski definition) is 10. The third kappa shape index (κ3) is 3.53. The first kappa shape index (κ1) is 19.7. The van der Waals surface area contributed by atoms with Gasteiger partial charge in [-0.15, -0.1) is 0 Å². The van der Waals surface area contributed by atoms with Crippen molar-refractivity contribution >= 4 is 51.7 Å². The summed E-state index contributed by atoms with van der Waals surface area (Å²) < 4.78 is 9.87. The van der Waals surface area contributed by atoms with Crippen LogP contribution in [0.25, 0.3) is 11.3 Å². The van der Waals surface area contributed by atoms with E-state index >= 15 is 0 Å². The lowest BCUT2D eigenvalue weighted by Crippen LogP contribution is -2.14. The van der Waals surface area contributed by atoms with E-state index in [0.717, 1.165) is 0 Å². The number of ether oxygens (including phenoxy) is 1. The molecule has 0 aliphatic rings. The molecule has 4 aromatic rings. The summed E-state index contributed by atoms with van der Waals surface area (Å²) >= 11 is 12.1. The molecule has 12 heteroatoms. The smallest absolute Gasteiger partial charge is 0.245 e. The van der Waals surface area contributed by atoms with Crippen LogP contribution in [-0.2, 0) is 0 Å². The van der Waals surface area contributed by atoms with Crippen LogP contribution in [0.5, 0.6) is 11.5 Å². The lowest BCUT2D eigenvalue weighted by atomic mass is 10.0. The second kappa shape index (κ2) is 8.01. The van der Waals surface area contributed by atoms with E-state index in [4.69, 9.17) is 38.4 Å². The Labute approximate surface area is 179 Å². The molecule has 4 N–H and O–H groups in total. The molecule has 0 amide bonds. The predicted octanol–water partition coefficient (Wildman–Crippen LogP) is 3.49. The standard InChI is InChI=1S/C18H13Cl2N7O3/c1-29-12-4-2-3-9(15(12)28)13(25-21)14-16(24-18-17(23-14)26-30-27-18)22-8-5-6-10(19)11(20)7-8/h2-7,28H,21H2,1H3,(H,22,24,27). The number of fused-ring (bicyclic) bond motifs is 1. The van der Waals surface area contributed by atoms with E-state index in [1.807, 2.05) is 0 Å². The number of aromatic hydroxyl groups is 1. The Hall–Kier alpha value is -3.63. The molecule has 0 spiro atoms. The van der Waals surface area contributed by atoms with Gasteiger partial charge in [0.1, 0.15) is 11.4 Å². The first-order valence-corrected chi connectivity index (χ1v) is 9.14. The summed E-state index contributed by atoms with van der Waals surface area (Å²) in [5.74, 6) is 5.97. The fourth-order valence-corrected chi connectivity index (χ4v) is 3.04. The number of halogens is 2. The highest BCUT2D eigenvalue weighted by molar-refractivity contribution is 6.42. The molecule has 2 aromatic heterocycles. The number of nitrogens with two attached hydrogens (primary N) is 1. The Bertz CT molecular complexity index is 1280. The molecule has 30 heavy (non-hydrogen) atoms. The van der Waals surface area contributed by atoms with Crippen molar-refractivity contribution in [1.82, 2.24) is 20.3 Å². The molecule has 0 unspecified atom stereocenters. The zero-order valence-corrected chi connectivity index (χ0v) is 16.8. The molecule has 0 radical (unpaired) electrons. The van der Waals surface area contributed by atoms with Crippen LogP contribution < -0.4 is 15.9 Å². The van der Waals surface area contributed by atoms with Gasteiger partial charge < -0.3 is 21.0 Å². The van der Waals surface area contributed by atoms with Crippen molar-refractivity contribution in [3.8, 4) is 11.5 Å². The molecule has 2 heterocycles. The number of para-hydroxylation sites is 1. The molecular formula is C18H13Cl2N7O3. The van der Waals surface area contributed by atoms with Crippen molar-refractivity contribution < 1.29 is 14.5 Å². The van der Waals surface area contributed by atoms with Gasteiger partial charge in [-0.2, -0.15) is 5.10 Å². The van der Waals surface area contributed by atoms with Crippen molar-refractivity contribution in [3.05, 3.63) is 57.7 Å². The molecule has 0 saturated heterocycles. The minimum Gasteiger partial charge on any atom is -0.504 e. The lowest BCUT2D eigenvalue weighted by Gasteiger charge is -2.14. The second-order valence-electron chi connectivity index (χ2n) is 5.92. The van der Waals surface area contributed by atoms with Gasteiger partial charge in [-0.1, -0.05) is 29.3 Å². The normalized spacial score (nSPS) is 11.6. The highest BCUT2D eigenvalue weighted by atomic mass is 35.5. The second-order valence-corrected chi connectivity index (χ2v) is 6.73. The van der Waals surface area contributed by atoms with Crippen LogP contribution in [0.15, 0.2) is 46.1 Å². The van der Waals surface area contributed by atoms with Crippen molar-refractivity contribution in [2.75, 3.05) is 12.4 Å². The van der Waals surface area contributed by atoms with Gasteiger partial charge in [0.05, 0.1) is 22.7 Å². The largest absolute Gasteiger partial charge is 0.504 e. The summed E-state index contributed by atoms with van der Waals surface area (Å²) in [4.78, 5) is 8.78. The zero-order valence-electron chi connectivity index (χ0n) is 15.3. The van der Waals surface area contributed by atoms with Gasteiger partial charge in [0, 0.05) is 5.69 Å². The minimum atomic E-state index is -0.162. The monoisotopic (exact) mass is 445 g/mol. The Kier molecular flexibility index (Phi) is 5.25. The van der Waals surface area contributed by atoms with Crippen LogP contribution in [0.1, 0.15) is 11.3 Å². The number of anilines is 2. The molecule has 0 aliphatic heterocycles. The van der Waals surface area contributed by atoms with Gasteiger partial charge in [0.2, 0.25) is 11.3 Å². The number of hydrazone groups is 1. The number of rotatable bonds is 5. The number of phenols is 1. The summed E-state index contributed by atoms with van der Waals surface area (Å²) in [7, 11) is 1.43. The van der Waals surface area contributed by atoms with Crippen LogP contribution in [0, 0.1) is 0 Å². The van der Waals surface area contributed by atoms with Gasteiger partial charge in [-0.25, -0.2) is 14.6 Å². The molecule has 4 rings (SSSR count). The third-order valence-corrected chi connectivity index (χ3v) is 4.86. The van der Waals surface area contributed by atoms with Crippen molar-refractivity contribution in [3.63, 3.8) is 0 Å². The van der Waals surface area contributed by atoms with Gasteiger partial charge in [-0.3, -0.25) is 0 Å². The average Bonchev–Trinajstić information content (AvgIpc) is 3.20. The van der Waals surface area contributed by atoms with E-state index in [1.54, 1.807) is 36.4 Å². The first-order valence-electron chi connectivity index (χ1n) is 8.38. The maximum Gasteiger partial charge on any atom is 0.245 e. The van der Waals surface area contributed by atoms with Crippen LogP contribution in [0.4, 0.5) is 11.5 Å². The fourth-order valence-electron chi connectivity index (χ4n) is 2.74. The number of benzene rings is 2. The minimum absolute atomic E-state index is 0.131. The van der Waals surface area contributed by atoms with Gasteiger partial charge in [-0.05, 0) is 40.6 Å². The lowest BCUT2D eigenvalue weighted by molar-refractivity contribution is 0.314. The third-order valence-electron chi connectivity index (χ3n) is 4.12. The maximum absolute atomic E-state index is 10.6. The number of phenolic OH excluding ortho intramolecular Hbond substituents is 1. The summed E-state index contributed by atoms with van der Waals surface area (Å²) in [5.41, 5.74) is 1.46. The molecule has 152 valence electrons. The summed E-state index contributed by atoms with van der Waals surface area (Å²) in [6, 6.07) is 9.82. The predicted molar refractivity (Wildman–Crippen MR) is 112 cm³/mol. The van der Waals surface area contributed by atoms with E-state index in [1.165, 1.54) is 7.11 Å². The SMILES string of the molecule is COc1cccc(C(=NN)c2nc3nonc3nc2Nc2ccc(Cl)c(Cl)c2)c1O. The van der Waals surface area contributed by atoms with E-state index < -0.39 is 0 Å². The van der Waals surface area contributed by atoms with Crippen molar-refractivity contribution in [2.45, 2.75) is 0 Å². The summed E-state index contributed by atoms with van der Waals surface area (Å²) in [5, 5.41) is 25.6. The van der Waals surface area contributed by atoms with Crippen molar-refractivity contribution in [2.24, 2.45) is 10.9 Å². The first-order chi connectivity index (χ1) is 14.5. The average molecular weight is 446 g/mol.